The van der Waals surface area contributed by atoms with Gasteiger partial charge >= 0.3 is 0 Å². The molecule has 0 nitrogen and oxygen atoms in total. The summed E-state index contributed by atoms with van der Waals surface area (Å²) in [4.78, 5) is 0. The lowest BCUT2D eigenvalue weighted by molar-refractivity contribution is 0.450. The van der Waals surface area contributed by atoms with E-state index >= 15 is 0 Å². The lowest BCUT2D eigenvalue weighted by Gasteiger charge is -2.20. The molecule has 1 radical (unpaired) electrons. The van der Waals surface area contributed by atoms with E-state index in [4.69, 9.17) is 0 Å². The normalized spacial score (nSPS) is 14.7. The smallest absolute Gasteiger partial charge is 0.0159 e. The van der Waals surface area contributed by atoms with Crippen molar-refractivity contribution in [2.75, 3.05) is 0 Å². The van der Waals surface area contributed by atoms with E-state index in [1.807, 2.05) is 0 Å². The SMILES string of the molecule is [CH2]C(CCC)CC(CCC)c1ccccc1. The second kappa shape index (κ2) is 7.49. The highest BCUT2D eigenvalue weighted by Crippen LogP contribution is 2.29. The first kappa shape index (κ1) is 13.3. The summed E-state index contributed by atoms with van der Waals surface area (Å²) < 4.78 is 0. The van der Waals surface area contributed by atoms with Crippen molar-refractivity contribution in [1.82, 2.24) is 0 Å². The highest BCUT2D eigenvalue weighted by atomic mass is 14.2. The van der Waals surface area contributed by atoms with Crippen molar-refractivity contribution in [3.63, 3.8) is 0 Å². The Kier molecular flexibility index (Phi) is 6.22. The van der Waals surface area contributed by atoms with Gasteiger partial charge in [-0.2, -0.15) is 0 Å². The van der Waals surface area contributed by atoms with Crippen LogP contribution in [0.3, 0.4) is 0 Å². The molecule has 0 saturated carbocycles. The molecule has 0 bridgehead atoms. The minimum Gasteiger partial charge on any atom is -0.0654 e. The third-order valence-electron chi connectivity index (χ3n) is 3.22. The summed E-state index contributed by atoms with van der Waals surface area (Å²) >= 11 is 0. The first-order valence-corrected chi connectivity index (χ1v) is 6.65. The van der Waals surface area contributed by atoms with Crippen LogP contribution < -0.4 is 0 Å². The highest BCUT2D eigenvalue weighted by Gasteiger charge is 2.13. The van der Waals surface area contributed by atoms with Gasteiger partial charge < -0.3 is 0 Å². The zero-order chi connectivity index (χ0) is 11.8. The van der Waals surface area contributed by atoms with Gasteiger partial charge in [0.1, 0.15) is 0 Å². The Morgan fingerprint density at radius 3 is 2.19 bits per heavy atom. The minimum absolute atomic E-state index is 0.613. The van der Waals surface area contributed by atoms with Gasteiger partial charge in [0.15, 0.2) is 0 Å². The molecule has 1 aromatic carbocycles. The predicted molar refractivity (Wildman–Crippen MR) is 72.5 cm³/mol. The first-order valence-electron chi connectivity index (χ1n) is 6.65. The lowest BCUT2D eigenvalue weighted by atomic mass is 9.85. The second-order valence-corrected chi connectivity index (χ2v) is 4.79. The maximum atomic E-state index is 4.28. The van der Waals surface area contributed by atoms with Gasteiger partial charge in [-0.3, -0.25) is 0 Å². The van der Waals surface area contributed by atoms with E-state index in [0.717, 1.165) is 0 Å². The molecule has 0 aromatic heterocycles. The average Bonchev–Trinajstić information content (AvgIpc) is 2.30. The molecule has 0 aliphatic carbocycles. The van der Waals surface area contributed by atoms with Crippen molar-refractivity contribution < 1.29 is 0 Å². The number of benzene rings is 1. The standard InChI is InChI=1S/C16H25/c1-4-9-14(3)13-16(10-5-2)15-11-7-6-8-12-15/h6-8,11-12,14,16H,3-5,9-10,13H2,1-2H3. The Balaban J connectivity index is 2.60. The fourth-order valence-corrected chi connectivity index (χ4v) is 2.42. The van der Waals surface area contributed by atoms with Gasteiger partial charge in [-0.05, 0) is 30.2 Å². The molecule has 2 atom stereocenters. The zero-order valence-electron chi connectivity index (χ0n) is 10.8. The molecule has 1 rings (SSSR count). The van der Waals surface area contributed by atoms with Crippen LogP contribution in [0.25, 0.3) is 0 Å². The van der Waals surface area contributed by atoms with E-state index in [1.165, 1.54) is 37.7 Å². The van der Waals surface area contributed by atoms with Crippen LogP contribution in [0, 0.1) is 12.8 Å². The Labute approximate surface area is 101 Å². The summed E-state index contributed by atoms with van der Waals surface area (Å²) in [5.74, 6) is 1.32. The van der Waals surface area contributed by atoms with Gasteiger partial charge in [-0.1, -0.05) is 70.4 Å². The molecule has 0 aliphatic heterocycles. The zero-order valence-corrected chi connectivity index (χ0v) is 10.8. The summed E-state index contributed by atoms with van der Waals surface area (Å²) in [6.45, 7) is 8.79. The van der Waals surface area contributed by atoms with Gasteiger partial charge in [0.25, 0.3) is 0 Å². The molecule has 0 heterocycles. The van der Waals surface area contributed by atoms with Crippen LogP contribution in [0.2, 0.25) is 0 Å². The topological polar surface area (TPSA) is 0 Å². The number of hydrogen-bond acceptors (Lipinski definition) is 0. The van der Waals surface area contributed by atoms with Gasteiger partial charge in [0, 0.05) is 0 Å². The van der Waals surface area contributed by atoms with Gasteiger partial charge in [0.2, 0.25) is 0 Å². The van der Waals surface area contributed by atoms with Crippen LogP contribution in [0.4, 0.5) is 0 Å². The van der Waals surface area contributed by atoms with Crippen molar-refractivity contribution >= 4 is 0 Å². The van der Waals surface area contributed by atoms with Gasteiger partial charge in [-0.25, -0.2) is 0 Å². The summed E-state index contributed by atoms with van der Waals surface area (Å²) in [7, 11) is 0. The van der Waals surface area contributed by atoms with E-state index in [9.17, 15) is 0 Å². The Morgan fingerprint density at radius 2 is 1.62 bits per heavy atom. The molecule has 0 N–H and O–H groups in total. The molecule has 0 heteroatoms. The van der Waals surface area contributed by atoms with Crippen LogP contribution in [0.1, 0.15) is 57.4 Å². The Bertz CT molecular complexity index is 263. The maximum absolute atomic E-state index is 4.28. The van der Waals surface area contributed by atoms with Crippen molar-refractivity contribution in [2.45, 2.75) is 51.9 Å². The Hall–Kier alpha value is -0.780. The van der Waals surface area contributed by atoms with Crippen molar-refractivity contribution in [1.29, 1.82) is 0 Å². The summed E-state index contributed by atoms with van der Waals surface area (Å²) in [5.41, 5.74) is 1.49. The number of rotatable bonds is 7. The monoisotopic (exact) mass is 217 g/mol. The lowest BCUT2D eigenvalue weighted by Crippen LogP contribution is -2.05. The quantitative estimate of drug-likeness (QED) is 0.588. The van der Waals surface area contributed by atoms with Crippen LogP contribution >= 0.6 is 0 Å². The average molecular weight is 217 g/mol. The van der Waals surface area contributed by atoms with E-state index < -0.39 is 0 Å². The summed E-state index contributed by atoms with van der Waals surface area (Å²) in [5, 5.41) is 0. The van der Waals surface area contributed by atoms with Crippen LogP contribution in [0.15, 0.2) is 30.3 Å². The summed E-state index contributed by atoms with van der Waals surface area (Å²) in [6, 6.07) is 10.9. The molecular formula is C16H25. The first-order chi connectivity index (χ1) is 7.77. The largest absolute Gasteiger partial charge is 0.0654 e. The second-order valence-electron chi connectivity index (χ2n) is 4.79. The van der Waals surface area contributed by atoms with Gasteiger partial charge in [-0.15, -0.1) is 0 Å². The van der Waals surface area contributed by atoms with E-state index in [2.05, 4.69) is 51.1 Å². The summed E-state index contributed by atoms with van der Waals surface area (Å²) in [6.07, 6.45) is 6.30. The van der Waals surface area contributed by atoms with Crippen molar-refractivity contribution in [3.8, 4) is 0 Å². The predicted octanol–water partition coefficient (Wildman–Crippen LogP) is 5.21. The van der Waals surface area contributed by atoms with Crippen LogP contribution in [0.5, 0.6) is 0 Å². The maximum Gasteiger partial charge on any atom is -0.0159 e. The van der Waals surface area contributed by atoms with Gasteiger partial charge in [0.05, 0.1) is 0 Å². The third kappa shape index (κ3) is 4.38. The van der Waals surface area contributed by atoms with Crippen LogP contribution in [-0.4, -0.2) is 0 Å². The van der Waals surface area contributed by atoms with E-state index in [1.54, 1.807) is 0 Å². The fourth-order valence-electron chi connectivity index (χ4n) is 2.42. The molecule has 89 valence electrons. The highest BCUT2D eigenvalue weighted by molar-refractivity contribution is 5.19. The molecular weight excluding hydrogens is 192 g/mol. The molecule has 0 aliphatic rings. The minimum atomic E-state index is 0.613. The fraction of sp³-hybridized carbons (Fsp3) is 0.562. The third-order valence-corrected chi connectivity index (χ3v) is 3.22. The van der Waals surface area contributed by atoms with Crippen molar-refractivity contribution in [2.24, 2.45) is 5.92 Å². The van der Waals surface area contributed by atoms with Crippen molar-refractivity contribution in [3.05, 3.63) is 42.8 Å². The molecule has 0 fully saturated rings. The molecule has 2 unspecified atom stereocenters. The molecule has 0 saturated heterocycles. The molecule has 0 spiro atoms. The van der Waals surface area contributed by atoms with E-state index in [-0.39, 0.29) is 0 Å². The Morgan fingerprint density at radius 1 is 1.00 bits per heavy atom. The molecule has 16 heavy (non-hydrogen) atoms. The van der Waals surface area contributed by atoms with Crippen LogP contribution in [-0.2, 0) is 0 Å². The molecule has 0 amide bonds. The number of hydrogen-bond donors (Lipinski definition) is 0. The molecule has 1 aromatic rings. The van der Waals surface area contributed by atoms with E-state index in [0.29, 0.717) is 11.8 Å².